The molecule has 1 N–H and O–H groups in total. The minimum Gasteiger partial charge on any atom is -0.468 e. The number of ether oxygens (including phenoxy) is 1. The average molecular weight is 239 g/mol. The molecular weight excluding hydrogens is 218 g/mol. The van der Waals surface area contributed by atoms with Crippen molar-refractivity contribution in [1.29, 1.82) is 0 Å². The number of hydrogen-bond donors (Lipinski definition) is 1. The standard InChI is InChI=1S/C13H21NO3/c1-9(2)7-12(13(15)16-4)14-8-11-6-5-10(3)17-11/h5-6,9,12,14H,7-8H2,1-4H3. The van der Waals surface area contributed by atoms with E-state index >= 15 is 0 Å². The quantitative estimate of drug-likeness (QED) is 0.774. The van der Waals surface area contributed by atoms with Gasteiger partial charge in [-0.05, 0) is 31.4 Å². The molecule has 0 saturated heterocycles. The minimum atomic E-state index is -0.273. The van der Waals surface area contributed by atoms with E-state index in [1.807, 2.05) is 19.1 Å². The lowest BCUT2D eigenvalue weighted by molar-refractivity contribution is -0.143. The van der Waals surface area contributed by atoms with Gasteiger partial charge in [-0.25, -0.2) is 0 Å². The Balaban J connectivity index is 2.51. The first-order chi connectivity index (χ1) is 8.02. The van der Waals surface area contributed by atoms with Gasteiger partial charge >= 0.3 is 5.97 Å². The molecule has 0 aromatic carbocycles. The van der Waals surface area contributed by atoms with Crippen LogP contribution in [0.4, 0.5) is 0 Å². The molecule has 0 radical (unpaired) electrons. The van der Waals surface area contributed by atoms with E-state index in [0.29, 0.717) is 12.5 Å². The molecule has 0 bridgehead atoms. The summed E-state index contributed by atoms with van der Waals surface area (Å²) in [5.41, 5.74) is 0. The van der Waals surface area contributed by atoms with Crippen molar-refractivity contribution in [3.05, 3.63) is 23.7 Å². The average Bonchev–Trinajstić information content (AvgIpc) is 2.68. The third-order valence-electron chi connectivity index (χ3n) is 2.51. The molecule has 17 heavy (non-hydrogen) atoms. The van der Waals surface area contributed by atoms with Gasteiger partial charge in [-0.15, -0.1) is 0 Å². The first-order valence-electron chi connectivity index (χ1n) is 5.89. The summed E-state index contributed by atoms with van der Waals surface area (Å²) in [7, 11) is 1.41. The summed E-state index contributed by atoms with van der Waals surface area (Å²) >= 11 is 0. The number of esters is 1. The zero-order valence-electron chi connectivity index (χ0n) is 10.9. The summed E-state index contributed by atoms with van der Waals surface area (Å²) in [6.45, 7) is 6.60. The molecule has 0 aliphatic rings. The maximum absolute atomic E-state index is 11.6. The summed E-state index contributed by atoms with van der Waals surface area (Å²) in [5, 5.41) is 3.16. The van der Waals surface area contributed by atoms with Crippen molar-refractivity contribution >= 4 is 5.97 Å². The molecule has 1 unspecified atom stereocenters. The number of nitrogens with one attached hydrogen (secondary N) is 1. The molecule has 0 amide bonds. The smallest absolute Gasteiger partial charge is 0.322 e. The van der Waals surface area contributed by atoms with Crippen LogP contribution in [0.2, 0.25) is 0 Å². The molecule has 1 aromatic rings. The Morgan fingerprint density at radius 2 is 2.18 bits per heavy atom. The first kappa shape index (κ1) is 13.8. The first-order valence-corrected chi connectivity index (χ1v) is 5.89. The third-order valence-corrected chi connectivity index (χ3v) is 2.51. The number of aryl methyl sites for hydroxylation is 1. The molecule has 0 saturated carbocycles. The minimum absolute atomic E-state index is 0.220. The zero-order chi connectivity index (χ0) is 12.8. The molecule has 4 nitrogen and oxygen atoms in total. The van der Waals surface area contributed by atoms with Crippen molar-refractivity contribution in [3.8, 4) is 0 Å². The largest absolute Gasteiger partial charge is 0.468 e. The van der Waals surface area contributed by atoms with E-state index in [1.165, 1.54) is 7.11 Å². The molecule has 4 heteroatoms. The Bertz CT molecular complexity index is 357. The van der Waals surface area contributed by atoms with Crippen molar-refractivity contribution in [2.45, 2.75) is 39.8 Å². The highest BCUT2D eigenvalue weighted by Crippen LogP contribution is 2.09. The van der Waals surface area contributed by atoms with E-state index in [4.69, 9.17) is 9.15 Å². The lowest BCUT2D eigenvalue weighted by Gasteiger charge is -2.17. The van der Waals surface area contributed by atoms with Crippen LogP contribution in [-0.4, -0.2) is 19.1 Å². The maximum Gasteiger partial charge on any atom is 0.322 e. The van der Waals surface area contributed by atoms with Crippen LogP contribution in [0.5, 0.6) is 0 Å². The van der Waals surface area contributed by atoms with Gasteiger partial charge in [-0.2, -0.15) is 0 Å². The van der Waals surface area contributed by atoms with Crippen molar-refractivity contribution < 1.29 is 13.9 Å². The number of hydrogen-bond acceptors (Lipinski definition) is 4. The van der Waals surface area contributed by atoms with Crippen LogP contribution >= 0.6 is 0 Å². The SMILES string of the molecule is COC(=O)C(CC(C)C)NCc1ccc(C)o1. The Hall–Kier alpha value is -1.29. The molecular formula is C13H21NO3. The zero-order valence-corrected chi connectivity index (χ0v) is 10.9. The molecule has 1 aromatic heterocycles. The number of methoxy groups -OCH3 is 1. The predicted molar refractivity (Wildman–Crippen MR) is 65.5 cm³/mol. The lowest BCUT2D eigenvalue weighted by atomic mass is 10.0. The van der Waals surface area contributed by atoms with Crippen LogP contribution in [0.3, 0.4) is 0 Å². The lowest BCUT2D eigenvalue weighted by Crippen LogP contribution is -2.38. The van der Waals surface area contributed by atoms with Crippen molar-refractivity contribution in [2.75, 3.05) is 7.11 Å². The van der Waals surface area contributed by atoms with Gasteiger partial charge in [0.05, 0.1) is 13.7 Å². The van der Waals surface area contributed by atoms with Crippen LogP contribution in [-0.2, 0) is 16.1 Å². The molecule has 0 fully saturated rings. The molecule has 1 rings (SSSR count). The van der Waals surface area contributed by atoms with Crippen LogP contribution < -0.4 is 5.32 Å². The van der Waals surface area contributed by atoms with Gasteiger partial charge < -0.3 is 9.15 Å². The number of carbonyl (C=O) groups is 1. The summed E-state index contributed by atoms with van der Waals surface area (Å²) in [6.07, 6.45) is 0.756. The Morgan fingerprint density at radius 3 is 2.65 bits per heavy atom. The van der Waals surface area contributed by atoms with E-state index in [0.717, 1.165) is 17.9 Å². The van der Waals surface area contributed by atoms with Gasteiger partial charge in [0.1, 0.15) is 17.6 Å². The van der Waals surface area contributed by atoms with Crippen molar-refractivity contribution in [2.24, 2.45) is 5.92 Å². The van der Waals surface area contributed by atoms with E-state index in [1.54, 1.807) is 0 Å². The fraction of sp³-hybridized carbons (Fsp3) is 0.615. The van der Waals surface area contributed by atoms with Crippen molar-refractivity contribution in [1.82, 2.24) is 5.32 Å². The second-order valence-corrected chi connectivity index (χ2v) is 4.60. The third kappa shape index (κ3) is 4.61. The van der Waals surface area contributed by atoms with Crippen LogP contribution in [0.1, 0.15) is 31.8 Å². The van der Waals surface area contributed by atoms with Gasteiger partial charge in [0.15, 0.2) is 0 Å². The molecule has 0 aliphatic heterocycles. The Labute approximate surface area is 102 Å². The van der Waals surface area contributed by atoms with E-state index in [9.17, 15) is 4.79 Å². The second kappa shape index (κ2) is 6.45. The Morgan fingerprint density at radius 1 is 1.47 bits per heavy atom. The summed E-state index contributed by atoms with van der Waals surface area (Å²) in [4.78, 5) is 11.6. The molecule has 0 spiro atoms. The van der Waals surface area contributed by atoms with E-state index in [-0.39, 0.29) is 12.0 Å². The van der Waals surface area contributed by atoms with Crippen LogP contribution in [0, 0.1) is 12.8 Å². The normalized spacial score (nSPS) is 12.8. The van der Waals surface area contributed by atoms with E-state index in [2.05, 4.69) is 19.2 Å². The van der Waals surface area contributed by atoms with Gasteiger partial charge in [0, 0.05) is 0 Å². The predicted octanol–water partition coefficient (Wildman–Crippen LogP) is 2.27. The van der Waals surface area contributed by atoms with E-state index < -0.39 is 0 Å². The van der Waals surface area contributed by atoms with Crippen LogP contribution in [0.25, 0.3) is 0 Å². The highest BCUT2D eigenvalue weighted by Gasteiger charge is 2.20. The van der Waals surface area contributed by atoms with Crippen LogP contribution in [0.15, 0.2) is 16.5 Å². The molecule has 1 heterocycles. The number of carbonyl (C=O) groups excluding carboxylic acids is 1. The summed E-state index contributed by atoms with van der Waals surface area (Å²) in [5.74, 6) is 1.92. The fourth-order valence-corrected chi connectivity index (χ4v) is 1.68. The summed E-state index contributed by atoms with van der Waals surface area (Å²) in [6, 6.07) is 3.55. The van der Waals surface area contributed by atoms with Gasteiger partial charge in [-0.1, -0.05) is 13.8 Å². The Kier molecular flexibility index (Phi) is 5.22. The second-order valence-electron chi connectivity index (χ2n) is 4.60. The monoisotopic (exact) mass is 239 g/mol. The maximum atomic E-state index is 11.6. The van der Waals surface area contributed by atoms with Gasteiger partial charge in [-0.3, -0.25) is 10.1 Å². The molecule has 0 aliphatic carbocycles. The highest BCUT2D eigenvalue weighted by atomic mass is 16.5. The van der Waals surface area contributed by atoms with Gasteiger partial charge in [0.25, 0.3) is 0 Å². The fourth-order valence-electron chi connectivity index (χ4n) is 1.68. The molecule has 96 valence electrons. The van der Waals surface area contributed by atoms with Crippen molar-refractivity contribution in [3.63, 3.8) is 0 Å². The number of furan rings is 1. The van der Waals surface area contributed by atoms with Gasteiger partial charge in [0.2, 0.25) is 0 Å². The summed E-state index contributed by atoms with van der Waals surface area (Å²) < 4.78 is 10.2. The molecule has 1 atom stereocenters. The highest BCUT2D eigenvalue weighted by molar-refractivity contribution is 5.75. The number of rotatable bonds is 6. The topological polar surface area (TPSA) is 51.5 Å².